The van der Waals surface area contributed by atoms with E-state index in [0.717, 1.165) is 0 Å². The molecule has 0 aliphatic carbocycles. The summed E-state index contributed by atoms with van der Waals surface area (Å²) in [4.78, 5) is 147. The van der Waals surface area contributed by atoms with Gasteiger partial charge in [0.25, 0.3) is 0 Å². The number of imidazole rings is 1. The lowest BCUT2D eigenvalue weighted by molar-refractivity contribution is -0.144. The lowest BCUT2D eigenvalue weighted by Crippen LogP contribution is -2.62. The van der Waals surface area contributed by atoms with E-state index in [1.54, 1.807) is 41.5 Å². The molecule has 0 fully saturated rings. The van der Waals surface area contributed by atoms with Gasteiger partial charge in [0.15, 0.2) is 0 Å². The number of unbranched alkanes of at least 4 members (excludes halogenated alkanes) is 1. The second-order valence-electron chi connectivity index (χ2n) is 24.0. The normalized spacial score (nSPS) is 15.5. The number of aromatic hydroxyl groups is 2. The molecular formula is C62H97N13O14. The number of aliphatic hydroxyl groups excluding tert-OH is 1. The van der Waals surface area contributed by atoms with Gasteiger partial charge < -0.3 is 84.7 Å². The Morgan fingerprint density at radius 1 is 0.494 bits per heavy atom. The van der Waals surface area contributed by atoms with E-state index in [9.17, 15) is 68.4 Å². The molecule has 0 saturated heterocycles. The number of aromatic nitrogens is 2. The van der Waals surface area contributed by atoms with Crippen molar-refractivity contribution in [2.24, 2.45) is 41.1 Å². The standard InChI is InChI=1S/C62H97N13O14/c1-11-36(9)51(61(87)71-47(28-39-18-22-42(78)23-19-39)56(82)72-49(31-76)59(85)67-44(15-13-14-24-63)54(80)75-52(62(88)89)37(10)12-2)74-58(84)48(29-40-30-65-32-66-40)69-55(81)46(27-38-16-20-41(77)21-17-38)70-60(86)50(35(7)8)73-57(83)45(26-34(5)6)68-53(79)43(64)25-33(3)4/h16-23,30,32-37,43-52,76-78H,11-15,24-29,31,63-64H2,1-10H3,(H,65,66)(H,67,85)(H,68,79)(H,69,81)(H,70,86)(H,71,87)(H,72,82)(H,73,83)(H,74,84)(H,75,80)(H,88,89)/t36-,37-,43-,44-,45-,46-,47-,48-,49-,50-,51-,52-/m0/s1. The zero-order valence-electron chi connectivity index (χ0n) is 52.9. The number of carbonyl (C=O) groups excluding carboxylic acids is 9. The summed E-state index contributed by atoms with van der Waals surface area (Å²) in [6.07, 6.45) is 4.18. The minimum atomic E-state index is -1.72. The fourth-order valence-electron chi connectivity index (χ4n) is 9.55. The minimum absolute atomic E-state index is 0.0254. The number of benzene rings is 2. The molecule has 27 nitrogen and oxygen atoms in total. The number of hydrogen-bond acceptors (Lipinski definition) is 16. The number of aliphatic hydroxyl groups is 1. The first-order valence-electron chi connectivity index (χ1n) is 30.6. The molecule has 3 aromatic rings. The number of phenolic OH excluding ortho intramolecular Hbond substituents is 2. The number of aromatic amines is 1. The van der Waals surface area contributed by atoms with E-state index < -0.39 is 144 Å². The van der Waals surface area contributed by atoms with Crippen LogP contribution in [0.5, 0.6) is 11.5 Å². The zero-order chi connectivity index (χ0) is 66.7. The third-order valence-corrected chi connectivity index (χ3v) is 15.2. The average molecular weight is 1250 g/mol. The van der Waals surface area contributed by atoms with Crippen molar-refractivity contribution < 1.29 is 68.4 Å². The zero-order valence-corrected chi connectivity index (χ0v) is 52.9. The van der Waals surface area contributed by atoms with Gasteiger partial charge in [-0.25, -0.2) is 9.78 Å². The van der Waals surface area contributed by atoms with Crippen LogP contribution in [0.4, 0.5) is 0 Å². The number of hydrogen-bond donors (Lipinski definition) is 16. The Bertz CT molecular complexity index is 2770. The predicted octanol–water partition coefficient (Wildman–Crippen LogP) is 0.586. The summed E-state index contributed by atoms with van der Waals surface area (Å²) in [6.45, 7) is 17.0. The van der Waals surface area contributed by atoms with Crippen molar-refractivity contribution in [1.29, 1.82) is 0 Å². The van der Waals surface area contributed by atoms with Crippen LogP contribution in [0.25, 0.3) is 0 Å². The number of phenols is 2. The fourth-order valence-corrected chi connectivity index (χ4v) is 9.55. The Hall–Kier alpha value is -8.17. The Kier molecular flexibility index (Phi) is 31.7. The van der Waals surface area contributed by atoms with Gasteiger partial charge in [-0.2, -0.15) is 0 Å². The van der Waals surface area contributed by atoms with E-state index in [-0.39, 0.29) is 68.4 Å². The highest BCUT2D eigenvalue weighted by molar-refractivity contribution is 5.99. The van der Waals surface area contributed by atoms with Gasteiger partial charge in [0.1, 0.15) is 65.9 Å². The SMILES string of the molecule is CC[C@H](C)[C@H](NC(=O)[C@H](CCCCN)NC(=O)[C@H](CO)NC(=O)[C@H](Cc1ccc(O)cc1)NC(=O)[C@@H](NC(=O)[C@H](Cc1cnc[nH]1)NC(=O)[C@H](Cc1ccc(O)cc1)NC(=O)[C@@H](NC(=O)[C@H](CC(C)C)NC(=O)[C@@H](N)CC(C)C)C(C)C)[C@@H](C)CC)C(=O)O. The molecule has 1 aromatic heterocycles. The molecule has 0 aliphatic heterocycles. The molecule has 0 bridgehead atoms. The molecular weight excluding hydrogens is 1150 g/mol. The molecule has 89 heavy (non-hydrogen) atoms. The Labute approximate surface area is 521 Å². The summed E-state index contributed by atoms with van der Waals surface area (Å²) < 4.78 is 0. The molecule has 1 heterocycles. The number of aliphatic carboxylic acids is 1. The van der Waals surface area contributed by atoms with Crippen LogP contribution < -0.4 is 59.3 Å². The van der Waals surface area contributed by atoms with Crippen LogP contribution in [0.1, 0.15) is 131 Å². The molecule has 0 radical (unpaired) electrons. The van der Waals surface area contributed by atoms with E-state index in [0.29, 0.717) is 42.5 Å². The summed E-state index contributed by atoms with van der Waals surface area (Å²) in [5.41, 5.74) is 13.1. The topological polar surface area (TPSA) is 441 Å². The molecule has 9 amide bonds. The number of carbonyl (C=O) groups is 10. The Morgan fingerprint density at radius 2 is 0.899 bits per heavy atom. The molecule has 494 valence electrons. The molecule has 27 heteroatoms. The molecule has 0 aliphatic rings. The van der Waals surface area contributed by atoms with Crippen molar-refractivity contribution in [3.63, 3.8) is 0 Å². The molecule has 2 aromatic carbocycles. The van der Waals surface area contributed by atoms with Crippen LogP contribution >= 0.6 is 0 Å². The first-order valence-corrected chi connectivity index (χ1v) is 30.6. The summed E-state index contributed by atoms with van der Waals surface area (Å²) in [7, 11) is 0. The Morgan fingerprint density at radius 3 is 1.36 bits per heavy atom. The number of carboxylic acids is 1. The number of rotatable bonds is 39. The highest BCUT2D eigenvalue weighted by Gasteiger charge is 2.38. The van der Waals surface area contributed by atoms with Crippen LogP contribution in [0.15, 0.2) is 61.1 Å². The smallest absolute Gasteiger partial charge is 0.326 e. The Balaban J connectivity index is 2.00. The molecule has 3 rings (SSSR count). The van der Waals surface area contributed by atoms with Crippen LogP contribution in [0, 0.1) is 29.6 Å². The fraction of sp³-hybridized carbons (Fsp3) is 0.597. The third kappa shape index (κ3) is 25.5. The monoisotopic (exact) mass is 1250 g/mol. The van der Waals surface area contributed by atoms with Gasteiger partial charge in [0, 0.05) is 31.2 Å². The van der Waals surface area contributed by atoms with E-state index in [1.807, 2.05) is 27.7 Å². The van der Waals surface area contributed by atoms with Crippen molar-refractivity contribution in [2.75, 3.05) is 13.2 Å². The first kappa shape index (κ1) is 75.1. The largest absolute Gasteiger partial charge is 0.508 e. The van der Waals surface area contributed by atoms with Gasteiger partial charge >= 0.3 is 5.97 Å². The average Bonchev–Trinajstić information content (AvgIpc) is 2.51. The maximum Gasteiger partial charge on any atom is 0.326 e. The van der Waals surface area contributed by atoms with E-state index in [2.05, 4.69) is 57.8 Å². The second-order valence-corrected chi connectivity index (χ2v) is 24.0. The van der Waals surface area contributed by atoms with Gasteiger partial charge in [0.2, 0.25) is 53.2 Å². The molecule has 0 spiro atoms. The number of nitrogens with one attached hydrogen (secondary N) is 10. The van der Waals surface area contributed by atoms with Gasteiger partial charge in [-0.15, -0.1) is 0 Å². The third-order valence-electron chi connectivity index (χ3n) is 15.2. The van der Waals surface area contributed by atoms with Gasteiger partial charge in [-0.3, -0.25) is 43.2 Å². The maximum absolute atomic E-state index is 14.8. The molecule has 18 N–H and O–H groups in total. The van der Waals surface area contributed by atoms with Gasteiger partial charge in [-0.1, -0.05) is 106 Å². The van der Waals surface area contributed by atoms with Gasteiger partial charge in [0.05, 0.1) is 19.0 Å². The molecule has 0 saturated carbocycles. The number of carboxylic acid groups (broad SMARTS) is 1. The van der Waals surface area contributed by atoms with Gasteiger partial charge in [-0.05, 0) is 104 Å². The predicted molar refractivity (Wildman–Crippen MR) is 332 cm³/mol. The van der Waals surface area contributed by atoms with Crippen molar-refractivity contribution in [3.05, 3.63) is 77.9 Å². The van der Waals surface area contributed by atoms with Crippen molar-refractivity contribution in [1.82, 2.24) is 57.8 Å². The van der Waals surface area contributed by atoms with Crippen molar-refractivity contribution in [2.45, 2.75) is 194 Å². The summed E-state index contributed by atoms with van der Waals surface area (Å²) in [5, 5.41) is 64.4. The van der Waals surface area contributed by atoms with Crippen molar-refractivity contribution in [3.8, 4) is 11.5 Å². The van der Waals surface area contributed by atoms with E-state index in [4.69, 9.17) is 11.5 Å². The number of H-pyrrole nitrogens is 1. The second kappa shape index (κ2) is 37.6. The minimum Gasteiger partial charge on any atom is -0.508 e. The lowest BCUT2D eigenvalue weighted by Gasteiger charge is -2.30. The lowest BCUT2D eigenvalue weighted by atomic mass is 9.96. The summed E-state index contributed by atoms with van der Waals surface area (Å²) in [6, 6.07) is -1.93. The molecule has 0 unspecified atom stereocenters. The summed E-state index contributed by atoms with van der Waals surface area (Å²) >= 11 is 0. The highest BCUT2D eigenvalue weighted by Crippen LogP contribution is 2.18. The molecule has 12 atom stereocenters. The maximum atomic E-state index is 14.8. The number of nitrogens with zero attached hydrogens (tertiary/aromatic N) is 1. The number of nitrogens with two attached hydrogens (primary N) is 2. The van der Waals surface area contributed by atoms with Crippen LogP contribution in [-0.4, -0.2) is 163 Å². The number of amides is 9. The van der Waals surface area contributed by atoms with Crippen LogP contribution in [-0.2, 0) is 67.2 Å². The van der Waals surface area contributed by atoms with E-state index in [1.165, 1.54) is 61.1 Å². The van der Waals surface area contributed by atoms with Crippen LogP contribution in [0.3, 0.4) is 0 Å². The quantitative estimate of drug-likeness (QED) is 0.0348. The van der Waals surface area contributed by atoms with Crippen molar-refractivity contribution >= 4 is 59.1 Å². The first-order chi connectivity index (χ1) is 42.0. The highest BCUT2D eigenvalue weighted by atomic mass is 16.4. The summed E-state index contributed by atoms with van der Waals surface area (Å²) in [5.74, 6) is -10.6. The van der Waals surface area contributed by atoms with E-state index >= 15 is 0 Å². The van der Waals surface area contributed by atoms with Crippen LogP contribution in [0.2, 0.25) is 0 Å².